The van der Waals surface area contributed by atoms with Crippen molar-refractivity contribution >= 4 is 17.4 Å². The Kier molecular flexibility index (Phi) is 9.53. The first kappa shape index (κ1) is 29.2. The summed E-state index contributed by atoms with van der Waals surface area (Å²) in [4.78, 5) is 30.8. The number of fused-ring (bicyclic) bond motifs is 1. The number of aliphatic hydroxyl groups is 1. The van der Waals surface area contributed by atoms with E-state index >= 15 is 0 Å². The van der Waals surface area contributed by atoms with Gasteiger partial charge < -0.3 is 29.1 Å². The molecule has 1 N–H and O–H groups in total. The van der Waals surface area contributed by atoms with Crippen LogP contribution in [0.2, 0.25) is 0 Å². The van der Waals surface area contributed by atoms with Gasteiger partial charge in [-0.1, -0.05) is 32.6 Å². The Hall–Kier alpha value is -3.78. The maximum absolute atomic E-state index is 13.5. The normalized spacial score (nSPS) is 19.6. The number of nitrogens with zero attached hydrogens (tertiary/aromatic N) is 2. The molecule has 0 unspecified atom stereocenters. The number of ether oxygens (including phenoxy) is 3. The van der Waals surface area contributed by atoms with Crippen LogP contribution in [0.15, 0.2) is 54.6 Å². The number of carbonyl (C=O) groups is 2. The summed E-state index contributed by atoms with van der Waals surface area (Å²) in [6.45, 7) is 15.5. The molecule has 1 saturated heterocycles. The third-order valence-corrected chi connectivity index (χ3v) is 7.42. The van der Waals surface area contributed by atoms with Crippen molar-refractivity contribution in [3.05, 3.63) is 71.3 Å². The second-order valence-corrected chi connectivity index (χ2v) is 10.1. The third kappa shape index (κ3) is 6.02. The van der Waals surface area contributed by atoms with Gasteiger partial charge in [-0.3, -0.25) is 9.59 Å². The van der Waals surface area contributed by atoms with Crippen molar-refractivity contribution in [3.63, 3.8) is 0 Å². The van der Waals surface area contributed by atoms with Gasteiger partial charge in [-0.05, 0) is 81.4 Å². The molecule has 2 heterocycles. The van der Waals surface area contributed by atoms with E-state index < -0.39 is 17.7 Å². The van der Waals surface area contributed by atoms with Crippen LogP contribution in [-0.2, 0) is 16.0 Å². The molecule has 0 aliphatic carbocycles. The van der Waals surface area contributed by atoms with Gasteiger partial charge in [0.05, 0.1) is 18.2 Å². The molecule has 0 bridgehead atoms. The number of hydrogen-bond donors (Lipinski definition) is 1. The summed E-state index contributed by atoms with van der Waals surface area (Å²) in [5.41, 5.74) is 2.18. The van der Waals surface area contributed by atoms with Gasteiger partial charge in [0.2, 0.25) is 0 Å². The SMILES string of the molecule is C=CCOc1ccc([C@H]2C(=C(O)c3ccc4c(c3)C[C@H](C)O4)C(=O)C(=O)N2CCCN(CC)CC)cc1OCC. The Balaban J connectivity index is 1.78. The summed E-state index contributed by atoms with van der Waals surface area (Å²) >= 11 is 0. The van der Waals surface area contributed by atoms with Crippen LogP contribution in [0.5, 0.6) is 17.2 Å². The number of Topliss-reactive ketones (excluding diaryl/α,β-unsaturated/α-hetero) is 1. The minimum Gasteiger partial charge on any atom is -0.507 e. The molecule has 8 nitrogen and oxygen atoms in total. The third-order valence-electron chi connectivity index (χ3n) is 7.42. The van der Waals surface area contributed by atoms with Gasteiger partial charge in [-0.25, -0.2) is 0 Å². The number of amides is 1. The summed E-state index contributed by atoms with van der Waals surface area (Å²) in [5, 5.41) is 11.6. The van der Waals surface area contributed by atoms with Gasteiger partial charge in [0.15, 0.2) is 11.5 Å². The lowest BCUT2D eigenvalue weighted by Crippen LogP contribution is -2.33. The standard InChI is InChI=1S/C32H40N2O6/c1-6-17-39-26-14-11-22(20-27(26)38-9-4)29-28(30(35)23-12-13-25-24(19-23)18-21(5)40-25)31(36)32(37)34(29)16-10-15-33(7-2)8-3/h6,11-14,19-21,29,35H,1,7-10,15-18H2,2-5H3/t21-,29-/m0/s1. The first-order valence-electron chi connectivity index (χ1n) is 14.1. The lowest BCUT2D eigenvalue weighted by molar-refractivity contribution is -0.140. The van der Waals surface area contributed by atoms with Crippen LogP contribution in [-0.4, -0.2) is 72.1 Å². The molecule has 0 aromatic heterocycles. The number of benzene rings is 2. The Labute approximate surface area is 236 Å². The van der Waals surface area contributed by atoms with Gasteiger partial charge in [0.25, 0.3) is 11.7 Å². The van der Waals surface area contributed by atoms with Crippen LogP contribution in [0.4, 0.5) is 0 Å². The molecule has 4 rings (SSSR count). The summed E-state index contributed by atoms with van der Waals surface area (Å²) in [7, 11) is 0. The molecule has 2 aliphatic heterocycles. The fourth-order valence-corrected chi connectivity index (χ4v) is 5.42. The van der Waals surface area contributed by atoms with E-state index in [9.17, 15) is 14.7 Å². The Morgan fingerprint density at radius 1 is 1.12 bits per heavy atom. The van der Waals surface area contributed by atoms with Gasteiger partial charge in [0, 0.05) is 18.5 Å². The highest BCUT2D eigenvalue weighted by Crippen LogP contribution is 2.43. The lowest BCUT2D eigenvalue weighted by atomic mass is 9.94. The van der Waals surface area contributed by atoms with Gasteiger partial charge >= 0.3 is 0 Å². The molecule has 1 fully saturated rings. The van der Waals surface area contributed by atoms with Crippen LogP contribution in [0, 0.1) is 0 Å². The van der Waals surface area contributed by atoms with E-state index in [1.165, 1.54) is 0 Å². The molecule has 40 heavy (non-hydrogen) atoms. The molecule has 8 heteroatoms. The number of aliphatic hydroxyl groups excluding tert-OH is 1. The van der Waals surface area contributed by atoms with E-state index in [-0.39, 0.29) is 17.4 Å². The average molecular weight is 549 g/mol. The molecule has 0 saturated carbocycles. The van der Waals surface area contributed by atoms with Crippen molar-refractivity contribution in [2.45, 2.75) is 52.7 Å². The monoisotopic (exact) mass is 548 g/mol. The van der Waals surface area contributed by atoms with Crippen LogP contribution in [0.3, 0.4) is 0 Å². The van der Waals surface area contributed by atoms with Crippen LogP contribution in [0.25, 0.3) is 5.76 Å². The highest BCUT2D eigenvalue weighted by atomic mass is 16.5. The number of rotatable bonds is 13. The molecule has 2 aromatic carbocycles. The molecule has 0 spiro atoms. The van der Waals surface area contributed by atoms with Crippen LogP contribution in [0.1, 0.15) is 56.8 Å². The van der Waals surface area contributed by atoms with E-state index in [4.69, 9.17) is 14.2 Å². The Morgan fingerprint density at radius 2 is 1.90 bits per heavy atom. The van der Waals surface area contributed by atoms with Crippen LogP contribution >= 0.6 is 0 Å². The van der Waals surface area contributed by atoms with E-state index in [1.807, 2.05) is 32.0 Å². The minimum atomic E-state index is -0.771. The van der Waals surface area contributed by atoms with E-state index in [0.29, 0.717) is 55.2 Å². The predicted octanol–water partition coefficient (Wildman–Crippen LogP) is 5.13. The molecule has 2 aliphatic rings. The number of carbonyl (C=O) groups excluding carboxylic acids is 2. The van der Waals surface area contributed by atoms with Crippen molar-refractivity contribution < 1.29 is 28.9 Å². The van der Waals surface area contributed by atoms with Crippen molar-refractivity contribution in [2.24, 2.45) is 0 Å². The largest absolute Gasteiger partial charge is 0.507 e. The van der Waals surface area contributed by atoms with E-state index in [0.717, 1.165) is 30.9 Å². The van der Waals surface area contributed by atoms with Gasteiger partial charge in [-0.2, -0.15) is 0 Å². The number of hydrogen-bond acceptors (Lipinski definition) is 7. The first-order valence-corrected chi connectivity index (χ1v) is 14.1. The lowest BCUT2D eigenvalue weighted by Gasteiger charge is -2.27. The van der Waals surface area contributed by atoms with Crippen molar-refractivity contribution in [2.75, 3.05) is 39.4 Å². The second-order valence-electron chi connectivity index (χ2n) is 10.1. The molecule has 0 radical (unpaired) electrons. The first-order chi connectivity index (χ1) is 19.3. The molecule has 2 atom stereocenters. The fourth-order valence-electron chi connectivity index (χ4n) is 5.42. The van der Waals surface area contributed by atoms with E-state index in [2.05, 4.69) is 25.3 Å². The average Bonchev–Trinajstić information content (AvgIpc) is 3.45. The summed E-state index contributed by atoms with van der Waals surface area (Å²) in [6.07, 6.45) is 3.10. The summed E-state index contributed by atoms with van der Waals surface area (Å²) < 4.78 is 17.4. The maximum Gasteiger partial charge on any atom is 0.295 e. The minimum absolute atomic E-state index is 0.0441. The number of ketones is 1. The summed E-state index contributed by atoms with van der Waals surface area (Å²) in [5.74, 6) is 0.307. The van der Waals surface area contributed by atoms with Crippen molar-refractivity contribution in [1.29, 1.82) is 0 Å². The molecular formula is C32H40N2O6. The zero-order valence-electron chi connectivity index (χ0n) is 23.9. The Morgan fingerprint density at radius 3 is 2.60 bits per heavy atom. The van der Waals surface area contributed by atoms with Crippen molar-refractivity contribution in [1.82, 2.24) is 9.80 Å². The zero-order valence-corrected chi connectivity index (χ0v) is 23.9. The molecular weight excluding hydrogens is 508 g/mol. The quantitative estimate of drug-likeness (QED) is 0.161. The highest BCUT2D eigenvalue weighted by Gasteiger charge is 2.46. The predicted molar refractivity (Wildman–Crippen MR) is 155 cm³/mol. The van der Waals surface area contributed by atoms with Gasteiger partial charge in [0.1, 0.15) is 24.2 Å². The van der Waals surface area contributed by atoms with E-state index in [1.54, 1.807) is 29.2 Å². The molecule has 214 valence electrons. The number of likely N-dealkylation sites (tertiary alicyclic amines) is 1. The molecule has 2 aromatic rings. The van der Waals surface area contributed by atoms with Gasteiger partial charge in [-0.15, -0.1) is 0 Å². The maximum atomic E-state index is 13.5. The fraction of sp³-hybridized carbons (Fsp3) is 0.438. The highest BCUT2D eigenvalue weighted by molar-refractivity contribution is 6.46. The summed E-state index contributed by atoms with van der Waals surface area (Å²) in [6, 6.07) is 10.00. The smallest absolute Gasteiger partial charge is 0.295 e. The Bertz CT molecular complexity index is 1280. The van der Waals surface area contributed by atoms with Crippen LogP contribution < -0.4 is 14.2 Å². The zero-order chi connectivity index (χ0) is 28.8. The second kappa shape index (κ2) is 13.0. The van der Waals surface area contributed by atoms with Crippen molar-refractivity contribution in [3.8, 4) is 17.2 Å². The topological polar surface area (TPSA) is 88.5 Å². The molecule has 1 amide bonds.